The Morgan fingerprint density at radius 1 is 0.552 bits per heavy atom. The highest BCUT2D eigenvalue weighted by Crippen LogP contribution is 2.48. The largest absolute Gasteiger partial charge is 0.497 e. The van der Waals surface area contributed by atoms with E-state index in [1.54, 1.807) is 14.2 Å². The molecular formula is C44H48F2N6O6. The normalized spacial score (nSPS) is 22.3. The number of carbonyl (C=O) groups excluding carboxylic acids is 4. The summed E-state index contributed by atoms with van der Waals surface area (Å²) in [7, 11) is 3.22. The highest BCUT2D eigenvalue weighted by molar-refractivity contribution is 5.97. The summed E-state index contributed by atoms with van der Waals surface area (Å²) in [6.07, 6.45) is 7.70. The van der Waals surface area contributed by atoms with Gasteiger partial charge in [0.2, 0.25) is 11.8 Å². The van der Waals surface area contributed by atoms with E-state index in [1.165, 1.54) is 48.5 Å². The third-order valence-electron chi connectivity index (χ3n) is 11.9. The van der Waals surface area contributed by atoms with Gasteiger partial charge >= 0.3 is 12.1 Å². The number of benzene rings is 4. The molecule has 12 nitrogen and oxygen atoms in total. The molecule has 6 amide bonds. The molecular weight excluding hydrogens is 747 g/mol. The Bertz CT molecular complexity index is 1940. The second-order valence-corrected chi connectivity index (χ2v) is 15.4. The van der Waals surface area contributed by atoms with Crippen molar-refractivity contribution in [2.45, 2.75) is 86.4 Å². The van der Waals surface area contributed by atoms with Gasteiger partial charge in [-0.15, -0.1) is 0 Å². The van der Waals surface area contributed by atoms with Gasteiger partial charge in [0, 0.05) is 34.3 Å². The van der Waals surface area contributed by atoms with E-state index in [9.17, 15) is 28.0 Å². The molecule has 2 spiro atoms. The van der Waals surface area contributed by atoms with Crippen LogP contribution in [-0.4, -0.2) is 61.3 Å². The minimum Gasteiger partial charge on any atom is -0.497 e. The molecule has 2 saturated heterocycles. The number of amides is 6. The Morgan fingerprint density at radius 2 is 0.879 bits per heavy atom. The number of hydrogen-bond acceptors (Lipinski definition) is 6. The lowest BCUT2D eigenvalue weighted by molar-refractivity contribution is -0.122. The Labute approximate surface area is 335 Å². The predicted molar refractivity (Wildman–Crippen MR) is 215 cm³/mol. The summed E-state index contributed by atoms with van der Waals surface area (Å²) in [5, 5.41) is 17.3. The first-order valence-corrected chi connectivity index (χ1v) is 19.6. The average molecular weight is 795 g/mol. The van der Waals surface area contributed by atoms with Crippen molar-refractivity contribution in [1.29, 1.82) is 0 Å². The van der Waals surface area contributed by atoms with Crippen LogP contribution in [0.3, 0.4) is 0 Å². The Kier molecular flexibility index (Phi) is 11.8. The molecule has 0 unspecified atom stereocenters. The average Bonchev–Trinajstić information content (AvgIpc) is 4.01. The standard InChI is InChI=1S/2C22H24FN3O3/c2*1-29-17-10-4-14(5-11-17)18-19(20(27)26-22(18)12-2-3-13-22)25-21(28)24-16-8-6-15(23)7-9-16/h2*4-11,18-19H,2-3,12-13H2,1H3,(H,26,27)(H2,24,25,28)/t2*18-,19-/m00/s1. The van der Waals surface area contributed by atoms with Crippen LogP contribution in [0.5, 0.6) is 11.5 Å². The molecule has 4 atom stereocenters. The monoisotopic (exact) mass is 794 g/mol. The molecule has 6 N–H and O–H groups in total. The van der Waals surface area contributed by atoms with Crippen LogP contribution in [0.4, 0.5) is 29.7 Å². The summed E-state index contributed by atoms with van der Waals surface area (Å²) in [5.41, 5.74) is 2.19. The van der Waals surface area contributed by atoms with Crippen molar-refractivity contribution >= 4 is 35.3 Å². The van der Waals surface area contributed by atoms with Gasteiger partial charge in [-0.25, -0.2) is 18.4 Å². The van der Waals surface area contributed by atoms with Gasteiger partial charge in [0.25, 0.3) is 0 Å². The first kappa shape index (κ1) is 40.0. The van der Waals surface area contributed by atoms with Gasteiger partial charge in [0.05, 0.1) is 14.2 Å². The predicted octanol–water partition coefficient (Wildman–Crippen LogP) is 7.10. The van der Waals surface area contributed by atoms with Crippen LogP contribution in [0.1, 0.15) is 74.3 Å². The molecule has 4 aromatic carbocycles. The van der Waals surface area contributed by atoms with Crippen molar-refractivity contribution in [3.05, 3.63) is 120 Å². The van der Waals surface area contributed by atoms with E-state index in [1.807, 2.05) is 48.5 Å². The molecule has 4 aromatic rings. The topological polar surface area (TPSA) is 159 Å². The van der Waals surface area contributed by atoms with E-state index in [0.717, 1.165) is 74.0 Å². The van der Waals surface area contributed by atoms with Gasteiger partial charge in [-0.05, 0) is 110 Å². The molecule has 4 aliphatic rings. The molecule has 2 aliphatic carbocycles. The lowest BCUT2D eigenvalue weighted by Gasteiger charge is -2.33. The number of nitrogens with one attached hydrogen (secondary N) is 6. The fourth-order valence-electron chi connectivity index (χ4n) is 9.25. The molecule has 8 rings (SSSR count). The van der Waals surface area contributed by atoms with Crippen LogP contribution < -0.4 is 41.4 Å². The van der Waals surface area contributed by atoms with Crippen LogP contribution in [0.15, 0.2) is 97.1 Å². The van der Waals surface area contributed by atoms with Gasteiger partial charge in [-0.2, -0.15) is 0 Å². The Hall–Kier alpha value is -6.18. The van der Waals surface area contributed by atoms with Crippen molar-refractivity contribution in [1.82, 2.24) is 21.3 Å². The molecule has 2 saturated carbocycles. The van der Waals surface area contributed by atoms with E-state index in [0.29, 0.717) is 11.4 Å². The fraction of sp³-hybridized carbons (Fsp3) is 0.364. The third-order valence-corrected chi connectivity index (χ3v) is 11.9. The quantitative estimate of drug-likeness (QED) is 0.112. The van der Waals surface area contributed by atoms with E-state index in [4.69, 9.17) is 9.47 Å². The smallest absolute Gasteiger partial charge is 0.319 e. The zero-order chi connectivity index (χ0) is 40.9. The summed E-state index contributed by atoms with van der Waals surface area (Å²) in [4.78, 5) is 50.8. The molecule has 0 bridgehead atoms. The van der Waals surface area contributed by atoms with Gasteiger partial charge in [-0.3, -0.25) is 9.59 Å². The molecule has 0 radical (unpaired) electrons. The maximum Gasteiger partial charge on any atom is 0.319 e. The number of halogens is 2. The van der Waals surface area contributed by atoms with Crippen molar-refractivity contribution in [3.8, 4) is 11.5 Å². The second-order valence-electron chi connectivity index (χ2n) is 15.4. The summed E-state index contributed by atoms with van der Waals surface area (Å²) < 4.78 is 36.6. The SMILES string of the molecule is COc1ccc([C@H]2[C@H](NC(=O)Nc3ccc(F)cc3)C(=O)NC23CCCC3)cc1.COc1ccc([C@H]2[C@H](NC(=O)Nc3ccc(F)cc3)C(=O)NC23CCCC3)cc1. The van der Waals surface area contributed by atoms with E-state index in [-0.39, 0.29) is 46.4 Å². The number of urea groups is 2. The van der Waals surface area contributed by atoms with E-state index < -0.39 is 24.1 Å². The Morgan fingerprint density at radius 3 is 1.19 bits per heavy atom. The van der Waals surface area contributed by atoms with Crippen LogP contribution in [-0.2, 0) is 9.59 Å². The lowest BCUT2D eigenvalue weighted by Crippen LogP contribution is -2.45. The number of ether oxygens (including phenoxy) is 2. The van der Waals surface area contributed by atoms with Crippen LogP contribution in [0, 0.1) is 11.6 Å². The van der Waals surface area contributed by atoms with Crippen molar-refractivity contribution in [3.63, 3.8) is 0 Å². The molecule has 2 heterocycles. The van der Waals surface area contributed by atoms with Crippen molar-refractivity contribution in [2.24, 2.45) is 0 Å². The van der Waals surface area contributed by atoms with E-state index >= 15 is 0 Å². The zero-order valence-electron chi connectivity index (χ0n) is 32.4. The second kappa shape index (κ2) is 17.1. The van der Waals surface area contributed by atoms with Gasteiger partial charge in [-0.1, -0.05) is 49.9 Å². The number of anilines is 2. The molecule has 0 aromatic heterocycles. The highest BCUT2D eigenvalue weighted by atomic mass is 19.1. The minimum atomic E-state index is -0.693. The molecule has 14 heteroatoms. The summed E-state index contributed by atoms with van der Waals surface area (Å²) in [6, 6.07) is 23.9. The van der Waals surface area contributed by atoms with Crippen LogP contribution >= 0.6 is 0 Å². The first-order chi connectivity index (χ1) is 28.0. The summed E-state index contributed by atoms with van der Waals surface area (Å²) in [5.74, 6) is 0.00609. The number of carbonyl (C=O) groups is 4. The van der Waals surface area contributed by atoms with Gasteiger partial charge in [0.1, 0.15) is 35.2 Å². The first-order valence-electron chi connectivity index (χ1n) is 19.6. The van der Waals surface area contributed by atoms with Crippen molar-refractivity contribution < 1.29 is 37.4 Å². The molecule has 58 heavy (non-hydrogen) atoms. The zero-order valence-corrected chi connectivity index (χ0v) is 32.4. The van der Waals surface area contributed by atoms with Crippen LogP contribution in [0.2, 0.25) is 0 Å². The number of hydrogen-bond donors (Lipinski definition) is 6. The van der Waals surface area contributed by atoms with Gasteiger partial charge < -0.3 is 41.4 Å². The summed E-state index contributed by atoms with van der Waals surface area (Å²) >= 11 is 0. The van der Waals surface area contributed by atoms with Crippen molar-refractivity contribution in [2.75, 3.05) is 24.9 Å². The Balaban J connectivity index is 0.000000177. The number of methoxy groups -OCH3 is 2. The highest BCUT2D eigenvalue weighted by Gasteiger charge is 2.56. The van der Waals surface area contributed by atoms with Crippen LogP contribution in [0.25, 0.3) is 0 Å². The number of rotatable bonds is 8. The summed E-state index contributed by atoms with van der Waals surface area (Å²) in [6.45, 7) is 0. The minimum absolute atomic E-state index is 0.178. The maximum absolute atomic E-state index is 13.1. The lowest BCUT2D eigenvalue weighted by atomic mass is 9.77. The van der Waals surface area contributed by atoms with E-state index in [2.05, 4.69) is 31.9 Å². The third kappa shape index (κ3) is 8.55. The molecule has 304 valence electrons. The fourth-order valence-corrected chi connectivity index (χ4v) is 9.25. The van der Waals surface area contributed by atoms with Gasteiger partial charge in [0.15, 0.2) is 0 Å². The molecule has 4 fully saturated rings. The molecule has 2 aliphatic heterocycles. The maximum atomic E-state index is 13.1.